The van der Waals surface area contributed by atoms with E-state index in [1.165, 1.54) is 64.2 Å². The molecule has 4 aliphatic carbocycles. The lowest BCUT2D eigenvalue weighted by atomic mass is 9.44. The van der Waals surface area contributed by atoms with E-state index in [-0.39, 0.29) is 37.5 Å². The quantitative estimate of drug-likeness (QED) is 0.178. The van der Waals surface area contributed by atoms with Crippen molar-refractivity contribution < 1.29 is 19.1 Å². The molecule has 0 aromatic heterocycles. The van der Waals surface area contributed by atoms with Crippen LogP contribution in [-0.4, -0.2) is 18.0 Å². The third-order valence-corrected chi connectivity index (χ3v) is 13.3. The van der Waals surface area contributed by atoms with Crippen molar-refractivity contribution in [2.75, 3.05) is 11.5 Å². The minimum atomic E-state index is -0.327. The molecule has 6 nitrogen and oxygen atoms in total. The molecule has 0 spiro atoms. The molecule has 9 atom stereocenters. The van der Waals surface area contributed by atoms with Crippen molar-refractivity contribution >= 4 is 23.3 Å². The lowest BCUT2D eigenvalue weighted by Crippen LogP contribution is -2.54. The van der Waals surface area contributed by atoms with E-state index >= 15 is 0 Å². The first kappa shape index (κ1) is 34.1. The standard InChI is InChI=1S/C39H62N2O4/c1-25(2)8-6-9-26(3)33-14-15-34-32-13-12-28-22-31(16-18-38(28,4)35(32)17-19-39(33,34)5)45-37(43)11-7-10-36(42)44-24-27-20-29(40)23-30(41)21-27/h20-21,23,25-26,28,31-35H,6-19,22,24,40-41H2,1-5H3. The number of carbonyl (C=O) groups is 2. The molecule has 4 fully saturated rings. The largest absolute Gasteiger partial charge is 0.462 e. The van der Waals surface area contributed by atoms with Gasteiger partial charge in [-0.25, -0.2) is 0 Å². The van der Waals surface area contributed by atoms with E-state index in [1.807, 2.05) is 0 Å². The summed E-state index contributed by atoms with van der Waals surface area (Å²) in [5.74, 6) is 5.33. The van der Waals surface area contributed by atoms with Crippen molar-refractivity contribution in [3.05, 3.63) is 23.8 Å². The first-order valence-corrected chi connectivity index (χ1v) is 18.4. The Morgan fingerprint density at radius 3 is 2.24 bits per heavy atom. The topological polar surface area (TPSA) is 105 Å². The summed E-state index contributed by atoms with van der Waals surface area (Å²) in [6, 6.07) is 5.16. The summed E-state index contributed by atoms with van der Waals surface area (Å²) in [5, 5.41) is 0. The SMILES string of the molecule is CC(C)CCCC(C)C1CCC2C3CCC4CC(OC(=O)CCCC(=O)OCc5cc(N)cc(N)c5)CCC4(C)C3CCC12C. The average molecular weight is 623 g/mol. The molecular weight excluding hydrogens is 560 g/mol. The number of rotatable bonds is 12. The van der Waals surface area contributed by atoms with Crippen molar-refractivity contribution in [1.82, 2.24) is 0 Å². The van der Waals surface area contributed by atoms with E-state index in [0.717, 1.165) is 53.9 Å². The second kappa shape index (κ2) is 14.3. The number of anilines is 2. The zero-order chi connectivity index (χ0) is 32.4. The van der Waals surface area contributed by atoms with Crippen molar-refractivity contribution in [2.45, 2.75) is 144 Å². The summed E-state index contributed by atoms with van der Waals surface area (Å²) in [6.07, 6.45) is 16.6. The normalized spacial score (nSPS) is 34.8. The van der Waals surface area contributed by atoms with E-state index in [9.17, 15) is 9.59 Å². The van der Waals surface area contributed by atoms with Gasteiger partial charge in [-0.3, -0.25) is 9.59 Å². The fourth-order valence-electron chi connectivity index (χ4n) is 11.0. The van der Waals surface area contributed by atoms with Crippen LogP contribution in [0.2, 0.25) is 0 Å². The molecule has 45 heavy (non-hydrogen) atoms. The Hall–Kier alpha value is -2.24. The third kappa shape index (κ3) is 7.67. The Morgan fingerprint density at radius 1 is 0.822 bits per heavy atom. The highest BCUT2D eigenvalue weighted by atomic mass is 16.5. The molecule has 4 aliphatic rings. The molecule has 1 aromatic carbocycles. The zero-order valence-electron chi connectivity index (χ0n) is 29.0. The molecule has 252 valence electrons. The second-order valence-corrected chi connectivity index (χ2v) is 16.6. The van der Waals surface area contributed by atoms with Crippen LogP contribution in [0.25, 0.3) is 0 Å². The predicted octanol–water partition coefficient (Wildman–Crippen LogP) is 9.10. The second-order valence-electron chi connectivity index (χ2n) is 16.6. The third-order valence-electron chi connectivity index (χ3n) is 13.3. The van der Waals surface area contributed by atoms with Gasteiger partial charge in [-0.05, 0) is 140 Å². The van der Waals surface area contributed by atoms with Gasteiger partial charge in [-0.1, -0.05) is 53.9 Å². The van der Waals surface area contributed by atoms with Crippen LogP contribution in [0.3, 0.4) is 0 Å². The van der Waals surface area contributed by atoms with Crippen LogP contribution < -0.4 is 11.5 Å². The maximum Gasteiger partial charge on any atom is 0.306 e. The maximum atomic E-state index is 12.8. The smallest absolute Gasteiger partial charge is 0.306 e. The van der Waals surface area contributed by atoms with Crippen LogP contribution in [0.4, 0.5) is 11.4 Å². The Kier molecular flexibility index (Phi) is 10.8. The number of benzene rings is 1. The summed E-state index contributed by atoms with van der Waals surface area (Å²) < 4.78 is 11.4. The summed E-state index contributed by atoms with van der Waals surface area (Å²) in [5.41, 5.74) is 14.4. The van der Waals surface area contributed by atoms with Gasteiger partial charge < -0.3 is 20.9 Å². The van der Waals surface area contributed by atoms with Gasteiger partial charge in [-0.2, -0.15) is 0 Å². The number of carbonyl (C=O) groups excluding carboxylic acids is 2. The highest BCUT2D eigenvalue weighted by Gasteiger charge is 2.60. The zero-order valence-corrected chi connectivity index (χ0v) is 29.0. The molecule has 4 N–H and O–H groups in total. The monoisotopic (exact) mass is 622 g/mol. The molecule has 0 radical (unpaired) electrons. The molecule has 0 heterocycles. The number of fused-ring (bicyclic) bond motifs is 5. The molecule has 0 aliphatic heterocycles. The van der Waals surface area contributed by atoms with Gasteiger partial charge in [0.1, 0.15) is 12.7 Å². The molecule has 9 unspecified atom stereocenters. The molecule has 1 aromatic rings. The van der Waals surface area contributed by atoms with E-state index in [4.69, 9.17) is 20.9 Å². The van der Waals surface area contributed by atoms with Crippen LogP contribution in [-0.2, 0) is 25.7 Å². The van der Waals surface area contributed by atoms with E-state index in [0.29, 0.717) is 34.5 Å². The Balaban J connectivity index is 1.06. The van der Waals surface area contributed by atoms with Crippen molar-refractivity contribution in [1.29, 1.82) is 0 Å². The predicted molar refractivity (Wildman–Crippen MR) is 182 cm³/mol. The van der Waals surface area contributed by atoms with E-state index in [2.05, 4.69) is 34.6 Å². The van der Waals surface area contributed by atoms with Crippen LogP contribution in [0.1, 0.15) is 136 Å². The van der Waals surface area contributed by atoms with Gasteiger partial charge in [0.25, 0.3) is 0 Å². The van der Waals surface area contributed by atoms with Gasteiger partial charge in [0.15, 0.2) is 0 Å². The van der Waals surface area contributed by atoms with Crippen LogP contribution in [0, 0.1) is 52.3 Å². The number of nitrogens with two attached hydrogens (primary N) is 2. The molecule has 6 heteroatoms. The summed E-state index contributed by atoms with van der Waals surface area (Å²) >= 11 is 0. The Morgan fingerprint density at radius 2 is 1.51 bits per heavy atom. The van der Waals surface area contributed by atoms with Crippen LogP contribution in [0.15, 0.2) is 18.2 Å². The lowest BCUT2D eigenvalue weighted by molar-refractivity contribution is -0.163. The van der Waals surface area contributed by atoms with E-state index in [1.54, 1.807) is 18.2 Å². The van der Waals surface area contributed by atoms with Gasteiger partial charge in [-0.15, -0.1) is 0 Å². The lowest BCUT2D eigenvalue weighted by Gasteiger charge is -2.61. The molecule has 0 amide bonds. The fourth-order valence-corrected chi connectivity index (χ4v) is 11.0. The van der Waals surface area contributed by atoms with E-state index < -0.39 is 0 Å². The van der Waals surface area contributed by atoms with Crippen LogP contribution in [0.5, 0.6) is 0 Å². The van der Waals surface area contributed by atoms with Gasteiger partial charge in [0, 0.05) is 24.2 Å². The summed E-state index contributed by atoms with van der Waals surface area (Å²) in [6.45, 7) is 12.7. The molecule has 0 bridgehead atoms. The molecular formula is C39H62N2O4. The maximum absolute atomic E-state index is 12.8. The van der Waals surface area contributed by atoms with Gasteiger partial charge >= 0.3 is 11.9 Å². The molecule has 5 rings (SSSR count). The summed E-state index contributed by atoms with van der Waals surface area (Å²) in [4.78, 5) is 25.0. The highest BCUT2D eigenvalue weighted by molar-refractivity contribution is 5.72. The summed E-state index contributed by atoms with van der Waals surface area (Å²) in [7, 11) is 0. The molecule has 0 saturated heterocycles. The van der Waals surface area contributed by atoms with Crippen molar-refractivity contribution in [3.63, 3.8) is 0 Å². The average Bonchev–Trinajstić information content (AvgIpc) is 3.33. The number of hydrogen-bond acceptors (Lipinski definition) is 6. The van der Waals surface area contributed by atoms with Gasteiger partial charge in [0.2, 0.25) is 0 Å². The minimum absolute atomic E-state index is 0.0180. The van der Waals surface area contributed by atoms with Crippen LogP contribution >= 0.6 is 0 Å². The Bertz CT molecular complexity index is 1160. The minimum Gasteiger partial charge on any atom is -0.462 e. The fraction of sp³-hybridized carbons (Fsp3) is 0.795. The van der Waals surface area contributed by atoms with Crippen molar-refractivity contribution in [3.8, 4) is 0 Å². The highest BCUT2D eigenvalue weighted by Crippen LogP contribution is 2.68. The van der Waals surface area contributed by atoms with Crippen molar-refractivity contribution in [2.24, 2.45) is 52.3 Å². The number of nitrogen functional groups attached to an aromatic ring is 2. The molecule has 4 saturated carbocycles. The number of ether oxygens (including phenoxy) is 2. The first-order chi connectivity index (χ1) is 21.4. The van der Waals surface area contributed by atoms with Gasteiger partial charge in [0.05, 0.1) is 0 Å². The number of esters is 2. The Labute approximate surface area is 273 Å². The first-order valence-electron chi connectivity index (χ1n) is 18.4. The number of hydrogen-bond donors (Lipinski definition) is 2.